The monoisotopic (exact) mass is 262 g/mol. The van der Waals surface area contributed by atoms with Gasteiger partial charge in [0, 0.05) is 19.0 Å². The van der Waals surface area contributed by atoms with Crippen LogP contribution in [0.15, 0.2) is 18.3 Å². The van der Waals surface area contributed by atoms with Gasteiger partial charge in [0.1, 0.15) is 0 Å². The van der Waals surface area contributed by atoms with E-state index in [1.54, 1.807) is 0 Å². The van der Waals surface area contributed by atoms with Crippen molar-refractivity contribution in [3.63, 3.8) is 0 Å². The van der Waals surface area contributed by atoms with Gasteiger partial charge in [0.2, 0.25) is 0 Å². The zero-order chi connectivity index (χ0) is 13.4. The van der Waals surface area contributed by atoms with Crippen LogP contribution in [-0.2, 0) is 0 Å². The van der Waals surface area contributed by atoms with Crippen LogP contribution in [0.3, 0.4) is 0 Å². The van der Waals surface area contributed by atoms with Gasteiger partial charge in [0.05, 0.1) is 29.8 Å². The Hall–Kier alpha value is -1.13. The molecule has 104 valence electrons. The zero-order valence-corrected chi connectivity index (χ0v) is 11.4. The van der Waals surface area contributed by atoms with Gasteiger partial charge in [-0.1, -0.05) is 6.92 Å². The molecular weight excluding hydrogens is 240 g/mol. The first-order valence-electron chi connectivity index (χ1n) is 7.26. The van der Waals surface area contributed by atoms with Crippen LogP contribution < -0.4 is 4.90 Å². The average molecular weight is 262 g/mol. The normalized spacial score (nSPS) is 31.5. The van der Waals surface area contributed by atoms with Gasteiger partial charge < -0.3 is 15.1 Å². The lowest BCUT2D eigenvalue weighted by Crippen LogP contribution is -2.24. The highest BCUT2D eigenvalue weighted by atomic mass is 16.3. The van der Waals surface area contributed by atoms with Crippen molar-refractivity contribution in [2.45, 2.75) is 38.4 Å². The maximum Gasteiger partial charge on any atom is 0.0957 e. The van der Waals surface area contributed by atoms with Crippen molar-refractivity contribution >= 4 is 5.69 Å². The highest BCUT2D eigenvalue weighted by Crippen LogP contribution is 2.39. The van der Waals surface area contributed by atoms with E-state index in [4.69, 9.17) is 0 Å². The van der Waals surface area contributed by atoms with Gasteiger partial charge in [-0.05, 0) is 37.3 Å². The van der Waals surface area contributed by atoms with Crippen LogP contribution in [0.2, 0.25) is 0 Å². The van der Waals surface area contributed by atoms with Gasteiger partial charge in [-0.15, -0.1) is 0 Å². The lowest BCUT2D eigenvalue weighted by molar-refractivity contribution is 0.133. The summed E-state index contributed by atoms with van der Waals surface area (Å²) in [5, 5.41) is 19.7. The van der Waals surface area contributed by atoms with Crippen LogP contribution in [0.25, 0.3) is 0 Å². The van der Waals surface area contributed by atoms with Crippen LogP contribution in [-0.4, -0.2) is 34.4 Å². The summed E-state index contributed by atoms with van der Waals surface area (Å²) in [7, 11) is 0. The molecule has 2 N–H and O–H groups in total. The van der Waals surface area contributed by atoms with E-state index < -0.39 is 6.10 Å². The van der Waals surface area contributed by atoms with Crippen LogP contribution in [0.4, 0.5) is 5.69 Å². The summed E-state index contributed by atoms with van der Waals surface area (Å²) < 4.78 is 0. The Kier molecular flexibility index (Phi) is 3.46. The predicted octanol–water partition coefficient (Wildman–Crippen LogP) is 1.73. The number of aliphatic hydroxyl groups is 2. The Morgan fingerprint density at radius 1 is 1.37 bits per heavy atom. The summed E-state index contributed by atoms with van der Waals surface area (Å²) in [6.45, 7) is 3.91. The third kappa shape index (κ3) is 2.35. The molecule has 19 heavy (non-hydrogen) atoms. The number of fused-ring (bicyclic) bond motifs is 1. The maximum atomic E-state index is 9.94. The van der Waals surface area contributed by atoms with Gasteiger partial charge in [0.15, 0.2) is 0 Å². The minimum Gasteiger partial charge on any atom is -0.393 e. The van der Waals surface area contributed by atoms with Crippen molar-refractivity contribution in [3.05, 3.63) is 24.0 Å². The van der Waals surface area contributed by atoms with Crippen LogP contribution in [0.1, 0.15) is 38.0 Å². The highest BCUT2D eigenvalue weighted by Gasteiger charge is 2.41. The van der Waals surface area contributed by atoms with Crippen molar-refractivity contribution in [3.8, 4) is 0 Å². The highest BCUT2D eigenvalue weighted by molar-refractivity contribution is 5.46. The molecule has 0 bridgehead atoms. The second-order valence-corrected chi connectivity index (χ2v) is 5.84. The topological polar surface area (TPSA) is 56.6 Å². The predicted molar refractivity (Wildman–Crippen MR) is 73.9 cm³/mol. The first-order chi connectivity index (χ1) is 9.19. The Balaban J connectivity index is 1.70. The largest absolute Gasteiger partial charge is 0.393 e. The second kappa shape index (κ2) is 5.10. The summed E-state index contributed by atoms with van der Waals surface area (Å²) in [6, 6.07) is 3.95. The minimum atomic E-state index is -0.464. The molecule has 2 fully saturated rings. The zero-order valence-electron chi connectivity index (χ0n) is 11.4. The standard InChI is InChI=1S/C15H22N2O2/c1-2-14(18)13-5-4-11(7-16-13)17-8-10-3-6-15(19)12(10)9-17/h4-5,7,10,12,14-15,18-19H,2-3,6,8-9H2,1H3/t10?,12?,14-,15?/m0/s1. The average Bonchev–Trinajstić information content (AvgIpc) is 3.01. The molecule has 3 unspecified atom stereocenters. The van der Waals surface area contributed by atoms with E-state index in [1.807, 2.05) is 25.3 Å². The molecule has 0 radical (unpaired) electrons. The Morgan fingerprint density at radius 2 is 2.21 bits per heavy atom. The maximum absolute atomic E-state index is 9.94. The quantitative estimate of drug-likeness (QED) is 0.871. The molecule has 4 nitrogen and oxygen atoms in total. The molecule has 0 aromatic carbocycles. The molecule has 1 aliphatic heterocycles. The van der Waals surface area contributed by atoms with Crippen LogP contribution >= 0.6 is 0 Å². The number of hydrogen-bond acceptors (Lipinski definition) is 4. The van der Waals surface area contributed by atoms with Crippen LogP contribution in [0, 0.1) is 11.8 Å². The number of nitrogens with zero attached hydrogens (tertiary/aromatic N) is 2. The van der Waals surface area contributed by atoms with E-state index in [0.717, 1.165) is 37.3 Å². The fraction of sp³-hybridized carbons (Fsp3) is 0.667. The molecule has 1 aromatic heterocycles. The van der Waals surface area contributed by atoms with E-state index in [0.29, 0.717) is 18.3 Å². The summed E-state index contributed by atoms with van der Waals surface area (Å²) in [5.41, 5.74) is 1.85. The molecule has 4 atom stereocenters. The molecule has 1 saturated carbocycles. The molecule has 1 saturated heterocycles. The van der Waals surface area contributed by atoms with E-state index in [-0.39, 0.29) is 6.10 Å². The summed E-state index contributed by atoms with van der Waals surface area (Å²) in [6.07, 6.45) is 4.05. The van der Waals surface area contributed by atoms with Crippen molar-refractivity contribution in [2.24, 2.45) is 11.8 Å². The lowest BCUT2D eigenvalue weighted by Gasteiger charge is -2.20. The molecule has 1 aliphatic carbocycles. The number of aliphatic hydroxyl groups excluding tert-OH is 2. The number of aromatic nitrogens is 1. The molecular formula is C15H22N2O2. The fourth-order valence-corrected chi connectivity index (χ4v) is 3.44. The van der Waals surface area contributed by atoms with Gasteiger partial charge >= 0.3 is 0 Å². The SMILES string of the molecule is CC[C@H](O)c1ccc(N2CC3CCC(O)C3C2)cn1. The van der Waals surface area contributed by atoms with Crippen molar-refractivity contribution in [1.82, 2.24) is 4.98 Å². The van der Waals surface area contributed by atoms with E-state index in [2.05, 4.69) is 9.88 Å². The van der Waals surface area contributed by atoms with Crippen LogP contribution in [0.5, 0.6) is 0 Å². The smallest absolute Gasteiger partial charge is 0.0957 e. The number of hydrogen-bond donors (Lipinski definition) is 2. The van der Waals surface area contributed by atoms with Gasteiger partial charge in [0.25, 0.3) is 0 Å². The summed E-state index contributed by atoms with van der Waals surface area (Å²) in [4.78, 5) is 6.67. The van der Waals surface area contributed by atoms with Crippen molar-refractivity contribution in [2.75, 3.05) is 18.0 Å². The first-order valence-corrected chi connectivity index (χ1v) is 7.26. The lowest BCUT2D eigenvalue weighted by atomic mass is 10.00. The minimum absolute atomic E-state index is 0.121. The van der Waals surface area contributed by atoms with Gasteiger partial charge in [-0.2, -0.15) is 0 Å². The molecule has 2 heterocycles. The van der Waals surface area contributed by atoms with E-state index >= 15 is 0 Å². The molecule has 0 amide bonds. The van der Waals surface area contributed by atoms with Crippen molar-refractivity contribution in [1.29, 1.82) is 0 Å². The number of anilines is 1. The van der Waals surface area contributed by atoms with E-state index in [9.17, 15) is 10.2 Å². The number of pyridine rings is 1. The van der Waals surface area contributed by atoms with Gasteiger partial charge in [-0.25, -0.2) is 0 Å². The Labute approximate surface area is 114 Å². The number of rotatable bonds is 3. The van der Waals surface area contributed by atoms with Gasteiger partial charge in [-0.3, -0.25) is 4.98 Å². The Bertz CT molecular complexity index is 434. The van der Waals surface area contributed by atoms with Crippen molar-refractivity contribution < 1.29 is 10.2 Å². The fourth-order valence-electron chi connectivity index (χ4n) is 3.44. The Morgan fingerprint density at radius 3 is 2.84 bits per heavy atom. The van der Waals surface area contributed by atoms with E-state index in [1.165, 1.54) is 0 Å². The molecule has 2 aliphatic rings. The third-order valence-corrected chi connectivity index (χ3v) is 4.68. The summed E-state index contributed by atoms with van der Waals surface area (Å²) >= 11 is 0. The molecule has 3 rings (SSSR count). The molecule has 0 spiro atoms. The molecule has 4 heteroatoms. The second-order valence-electron chi connectivity index (χ2n) is 5.84. The summed E-state index contributed by atoms with van der Waals surface area (Å²) in [5.74, 6) is 1.07. The third-order valence-electron chi connectivity index (χ3n) is 4.68. The first kappa shape index (κ1) is 12.9. The molecule has 1 aromatic rings.